The summed E-state index contributed by atoms with van der Waals surface area (Å²) < 4.78 is 27.9. The second-order valence-electron chi connectivity index (χ2n) is 4.45. The minimum atomic E-state index is -3.84. The van der Waals surface area contributed by atoms with Crippen molar-refractivity contribution < 1.29 is 13.2 Å². The number of H-pyrrole nitrogens is 2. The van der Waals surface area contributed by atoms with Gasteiger partial charge in [0.25, 0.3) is 5.56 Å². The molecule has 0 unspecified atom stereocenters. The standard InChI is InChI=1S/C12H11N5O4S/c1-21-9-4-6(22(13,19)20)2-3-7(9)11-15-8-5-14-17-12(18)10(8)16-11/h2-5H,1H3,(H,15,16)(H,17,18)(H2,13,19,20). The molecule has 3 rings (SSSR count). The number of benzene rings is 1. The monoisotopic (exact) mass is 321 g/mol. The van der Waals surface area contributed by atoms with E-state index in [4.69, 9.17) is 9.88 Å². The van der Waals surface area contributed by atoms with Gasteiger partial charge in [-0.05, 0) is 12.1 Å². The molecule has 0 spiro atoms. The van der Waals surface area contributed by atoms with Crippen LogP contribution >= 0.6 is 0 Å². The Balaban J connectivity index is 2.22. The van der Waals surface area contributed by atoms with E-state index in [0.717, 1.165) is 0 Å². The second-order valence-corrected chi connectivity index (χ2v) is 6.02. The molecule has 0 aliphatic rings. The number of nitrogens with one attached hydrogen (secondary N) is 2. The third kappa shape index (κ3) is 2.34. The van der Waals surface area contributed by atoms with Crippen LogP contribution in [-0.2, 0) is 10.0 Å². The van der Waals surface area contributed by atoms with Gasteiger partial charge in [0.1, 0.15) is 11.6 Å². The van der Waals surface area contributed by atoms with E-state index in [1.54, 1.807) is 0 Å². The number of methoxy groups -OCH3 is 1. The number of rotatable bonds is 3. The van der Waals surface area contributed by atoms with Crippen LogP contribution in [0.25, 0.3) is 22.4 Å². The maximum absolute atomic E-state index is 11.6. The van der Waals surface area contributed by atoms with Crippen molar-refractivity contribution in [3.05, 3.63) is 34.7 Å². The molecule has 0 saturated heterocycles. The largest absolute Gasteiger partial charge is 0.496 e. The highest BCUT2D eigenvalue weighted by atomic mass is 32.2. The Kier molecular flexibility index (Phi) is 3.19. The predicted octanol–water partition coefficient (Wildman–Crippen LogP) is -0.0308. The quantitative estimate of drug-likeness (QED) is 0.618. The summed E-state index contributed by atoms with van der Waals surface area (Å²) in [5, 5.41) is 11.0. The fraction of sp³-hybridized carbons (Fsp3) is 0.0833. The fourth-order valence-electron chi connectivity index (χ4n) is 2.03. The fourth-order valence-corrected chi connectivity index (χ4v) is 2.56. The summed E-state index contributed by atoms with van der Waals surface area (Å²) in [4.78, 5) is 18.7. The van der Waals surface area contributed by atoms with Gasteiger partial charge in [-0.1, -0.05) is 0 Å². The first kappa shape index (κ1) is 14.2. The summed E-state index contributed by atoms with van der Waals surface area (Å²) in [7, 11) is -2.45. The number of sulfonamides is 1. The Morgan fingerprint density at radius 3 is 2.73 bits per heavy atom. The first-order chi connectivity index (χ1) is 10.4. The van der Waals surface area contributed by atoms with Gasteiger partial charge in [-0.3, -0.25) is 4.79 Å². The molecular weight excluding hydrogens is 310 g/mol. The normalized spacial score (nSPS) is 11.7. The van der Waals surface area contributed by atoms with Crippen LogP contribution in [0.2, 0.25) is 0 Å². The van der Waals surface area contributed by atoms with Crippen LogP contribution in [-0.4, -0.2) is 35.7 Å². The van der Waals surface area contributed by atoms with E-state index >= 15 is 0 Å². The summed E-state index contributed by atoms with van der Waals surface area (Å²) in [6.45, 7) is 0. The van der Waals surface area contributed by atoms with Crippen molar-refractivity contribution in [2.45, 2.75) is 4.90 Å². The molecule has 0 fully saturated rings. The highest BCUT2D eigenvalue weighted by Crippen LogP contribution is 2.30. The maximum atomic E-state index is 11.6. The van der Waals surface area contributed by atoms with E-state index in [0.29, 0.717) is 16.9 Å². The van der Waals surface area contributed by atoms with Gasteiger partial charge in [0.05, 0.1) is 29.3 Å². The van der Waals surface area contributed by atoms with E-state index in [9.17, 15) is 13.2 Å². The number of imidazole rings is 1. The smallest absolute Gasteiger partial charge is 0.292 e. The molecule has 114 valence electrons. The minimum absolute atomic E-state index is 0.0799. The van der Waals surface area contributed by atoms with Crippen molar-refractivity contribution >= 4 is 21.1 Å². The number of ether oxygens (including phenoxy) is 1. The van der Waals surface area contributed by atoms with Crippen LogP contribution in [0.3, 0.4) is 0 Å². The van der Waals surface area contributed by atoms with Gasteiger partial charge in [0, 0.05) is 6.07 Å². The molecule has 22 heavy (non-hydrogen) atoms. The van der Waals surface area contributed by atoms with E-state index in [-0.39, 0.29) is 16.2 Å². The minimum Gasteiger partial charge on any atom is -0.496 e. The summed E-state index contributed by atoms with van der Waals surface area (Å²) >= 11 is 0. The van der Waals surface area contributed by atoms with Gasteiger partial charge >= 0.3 is 0 Å². The van der Waals surface area contributed by atoms with Gasteiger partial charge in [0.2, 0.25) is 10.0 Å². The lowest BCUT2D eigenvalue weighted by Gasteiger charge is -2.07. The summed E-state index contributed by atoms with van der Waals surface area (Å²) in [5.41, 5.74) is 0.713. The molecular formula is C12H11N5O4S. The van der Waals surface area contributed by atoms with Crippen LogP contribution in [0, 0.1) is 0 Å². The Labute approximate surface area is 124 Å². The SMILES string of the molecule is COc1cc(S(N)(=O)=O)ccc1-c1nc2c(=O)[nH]ncc2[nH]1. The first-order valence-corrected chi connectivity index (χ1v) is 7.59. The van der Waals surface area contributed by atoms with E-state index < -0.39 is 15.6 Å². The van der Waals surface area contributed by atoms with Crippen LogP contribution in [0.4, 0.5) is 0 Å². The molecule has 10 heteroatoms. The van der Waals surface area contributed by atoms with Crippen molar-refractivity contribution in [1.82, 2.24) is 20.2 Å². The van der Waals surface area contributed by atoms with Gasteiger partial charge in [-0.2, -0.15) is 5.10 Å². The summed E-state index contributed by atoms with van der Waals surface area (Å²) in [5.74, 6) is 0.612. The highest BCUT2D eigenvalue weighted by Gasteiger charge is 2.16. The lowest BCUT2D eigenvalue weighted by atomic mass is 10.2. The van der Waals surface area contributed by atoms with Crippen molar-refractivity contribution in [3.63, 3.8) is 0 Å². The zero-order valence-corrected chi connectivity index (χ0v) is 12.1. The van der Waals surface area contributed by atoms with Crippen molar-refractivity contribution in [3.8, 4) is 17.1 Å². The summed E-state index contributed by atoms with van der Waals surface area (Å²) in [6.07, 6.45) is 1.43. The number of nitrogens with zero attached hydrogens (tertiary/aromatic N) is 2. The Morgan fingerprint density at radius 1 is 1.32 bits per heavy atom. The molecule has 4 N–H and O–H groups in total. The number of fused-ring (bicyclic) bond motifs is 1. The number of aromatic amines is 2. The molecule has 9 nitrogen and oxygen atoms in total. The molecule has 1 aromatic carbocycles. The Bertz CT molecular complexity index is 1020. The van der Waals surface area contributed by atoms with Crippen molar-refractivity contribution in [2.24, 2.45) is 5.14 Å². The van der Waals surface area contributed by atoms with Crippen molar-refractivity contribution in [1.29, 1.82) is 0 Å². The van der Waals surface area contributed by atoms with E-state index in [1.165, 1.54) is 31.5 Å². The van der Waals surface area contributed by atoms with E-state index in [1.807, 2.05) is 0 Å². The average molecular weight is 321 g/mol. The van der Waals surface area contributed by atoms with Crippen molar-refractivity contribution in [2.75, 3.05) is 7.11 Å². The highest BCUT2D eigenvalue weighted by molar-refractivity contribution is 7.89. The average Bonchev–Trinajstić information content (AvgIpc) is 2.91. The number of aromatic nitrogens is 4. The molecule has 0 radical (unpaired) electrons. The predicted molar refractivity (Wildman–Crippen MR) is 77.9 cm³/mol. The number of primary sulfonamides is 1. The Hall–Kier alpha value is -2.72. The third-order valence-corrected chi connectivity index (χ3v) is 3.97. The van der Waals surface area contributed by atoms with Crippen LogP contribution < -0.4 is 15.4 Å². The van der Waals surface area contributed by atoms with Crippen LogP contribution in [0.1, 0.15) is 0 Å². The molecule has 0 aliphatic carbocycles. The van der Waals surface area contributed by atoms with Gasteiger partial charge < -0.3 is 9.72 Å². The summed E-state index contributed by atoms with van der Waals surface area (Å²) in [6, 6.07) is 4.13. The van der Waals surface area contributed by atoms with Gasteiger partial charge in [0.15, 0.2) is 5.52 Å². The third-order valence-electron chi connectivity index (χ3n) is 3.06. The molecule has 0 saturated carbocycles. The van der Waals surface area contributed by atoms with Gasteiger partial charge in [-0.25, -0.2) is 23.6 Å². The van der Waals surface area contributed by atoms with Crippen LogP contribution in [0.5, 0.6) is 5.75 Å². The second kappa shape index (κ2) is 4.93. The molecule has 2 aromatic heterocycles. The molecule has 0 amide bonds. The molecule has 0 bridgehead atoms. The van der Waals surface area contributed by atoms with E-state index in [2.05, 4.69) is 20.2 Å². The first-order valence-electron chi connectivity index (χ1n) is 6.05. The number of hydrogen-bond donors (Lipinski definition) is 3. The molecule has 2 heterocycles. The Morgan fingerprint density at radius 2 is 2.09 bits per heavy atom. The van der Waals surface area contributed by atoms with Gasteiger partial charge in [-0.15, -0.1) is 0 Å². The lowest BCUT2D eigenvalue weighted by molar-refractivity contribution is 0.415. The zero-order chi connectivity index (χ0) is 15.9. The molecule has 0 atom stereocenters. The topological polar surface area (TPSA) is 144 Å². The lowest BCUT2D eigenvalue weighted by Crippen LogP contribution is -2.12. The maximum Gasteiger partial charge on any atom is 0.292 e. The number of hydrogen-bond acceptors (Lipinski definition) is 6. The molecule has 3 aromatic rings. The molecule has 0 aliphatic heterocycles. The zero-order valence-electron chi connectivity index (χ0n) is 11.3. The number of nitrogens with two attached hydrogens (primary N) is 1. The van der Waals surface area contributed by atoms with Crippen LogP contribution in [0.15, 0.2) is 34.1 Å².